The van der Waals surface area contributed by atoms with E-state index in [1.165, 1.54) is 5.56 Å². The molecular weight excluding hydrogens is 218 g/mol. The van der Waals surface area contributed by atoms with Crippen molar-refractivity contribution in [1.82, 2.24) is 0 Å². The molecule has 3 heteroatoms. The third kappa shape index (κ3) is 1.21. The van der Waals surface area contributed by atoms with Crippen LogP contribution in [0, 0.1) is 11.3 Å². The molecule has 1 aliphatic heterocycles. The maximum absolute atomic E-state index is 12.4. The Morgan fingerprint density at radius 1 is 1.38 bits per heavy atom. The molecular formula is C13H19NOS. The molecule has 0 spiro atoms. The number of amides is 1. The lowest BCUT2D eigenvalue weighted by atomic mass is 9.58. The fourth-order valence-corrected chi connectivity index (χ4v) is 4.07. The predicted molar refractivity (Wildman–Crippen MR) is 68.9 cm³/mol. The van der Waals surface area contributed by atoms with E-state index in [0.29, 0.717) is 5.92 Å². The molecule has 2 nitrogen and oxygen atoms in total. The van der Waals surface area contributed by atoms with Gasteiger partial charge in [0.25, 0.3) is 0 Å². The van der Waals surface area contributed by atoms with Crippen LogP contribution in [0.3, 0.4) is 0 Å². The minimum Gasteiger partial charge on any atom is -0.317 e. The summed E-state index contributed by atoms with van der Waals surface area (Å²) in [4.78, 5) is 12.4. The van der Waals surface area contributed by atoms with Crippen molar-refractivity contribution in [3.05, 3.63) is 17.0 Å². The van der Waals surface area contributed by atoms with E-state index in [2.05, 4.69) is 51.4 Å². The molecule has 1 aliphatic rings. The molecule has 0 saturated heterocycles. The molecule has 1 aromatic heterocycles. The lowest BCUT2D eigenvalue weighted by molar-refractivity contribution is -0.126. The van der Waals surface area contributed by atoms with Gasteiger partial charge in [0.2, 0.25) is 5.91 Å². The van der Waals surface area contributed by atoms with E-state index in [4.69, 9.17) is 0 Å². The lowest BCUT2D eigenvalue weighted by Gasteiger charge is -2.43. The van der Waals surface area contributed by atoms with E-state index < -0.39 is 0 Å². The first-order valence-electron chi connectivity index (χ1n) is 5.71. The zero-order valence-electron chi connectivity index (χ0n) is 10.5. The summed E-state index contributed by atoms with van der Waals surface area (Å²) in [5, 5.41) is 6.13. The van der Waals surface area contributed by atoms with Gasteiger partial charge in [-0.2, -0.15) is 0 Å². The van der Waals surface area contributed by atoms with Gasteiger partial charge in [-0.15, -0.1) is 11.3 Å². The minimum absolute atomic E-state index is 0.0719. The summed E-state index contributed by atoms with van der Waals surface area (Å²) in [5.41, 5.74) is 0.727. The van der Waals surface area contributed by atoms with E-state index in [1.54, 1.807) is 11.3 Å². The summed E-state index contributed by atoms with van der Waals surface area (Å²) in [5.74, 6) is 0.459. The number of carbonyl (C=O) groups excluding carboxylic acids is 1. The van der Waals surface area contributed by atoms with Crippen molar-refractivity contribution in [2.24, 2.45) is 11.3 Å². The van der Waals surface area contributed by atoms with Crippen LogP contribution < -0.4 is 5.32 Å². The second-order valence-corrected chi connectivity index (χ2v) is 6.75. The molecule has 0 saturated carbocycles. The molecule has 1 atom stereocenters. The van der Waals surface area contributed by atoms with Crippen molar-refractivity contribution in [3.8, 4) is 0 Å². The van der Waals surface area contributed by atoms with Crippen molar-refractivity contribution in [2.75, 3.05) is 5.32 Å². The zero-order chi connectivity index (χ0) is 12.1. The summed E-state index contributed by atoms with van der Waals surface area (Å²) in [7, 11) is 0. The van der Waals surface area contributed by atoms with Crippen molar-refractivity contribution in [3.63, 3.8) is 0 Å². The fourth-order valence-electron chi connectivity index (χ4n) is 3.22. The molecule has 0 bridgehead atoms. The summed E-state index contributed by atoms with van der Waals surface area (Å²) >= 11 is 1.62. The van der Waals surface area contributed by atoms with E-state index in [9.17, 15) is 4.79 Å². The average Bonchev–Trinajstić information content (AvgIpc) is 2.58. The Labute approximate surface area is 101 Å². The van der Waals surface area contributed by atoms with Crippen molar-refractivity contribution in [1.29, 1.82) is 0 Å². The van der Waals surface area contributed by atoms with Gasteiger partial charge in [-0.1, -0.05) is 34.6 Å². The van der Waals surface area contributed by atoms with Gasteiger partial charge in [0.05, 0.1) is 10.4 Å². The van der Waals surface area contributed by atoms with Crippen LogP contribution >= 0.6 is 11.3 Å². The van der Waals surface area contributed by atoms with Gasteiger partial charge in [-0.25, -0.2) is 0 Å². The number of thiophene rings is 1. The maximum atomic E-state index is 12.4. The highest BCUT2D eigenvalue weighted by atomic mass is 32.1. The molecule has 2 rings (SSSR count). The molecule has 0 radical (unpaired) electrons. The Morgan fingerprint density at radius 2 is 2.00 bits per heavy atom. The van der Waals surface area contributed by atoms with Gasteiger partial charge >= 0.3 is 0 Å². The summed E-state index contributed by atoms with van der Waals surface area (Å²) < 4.78 is 0. The lowest BCUT2D eigenvalue weighted by Crippen LogP contribution is -2.50. The topological polar surface area (TPSA) is 29.1 Å². The molecule has 1 unspecified atom stereocenters. The Hall–Kier alpha value is -0.830. The number of rotatable bonds is 1. The molecule has 0 aliphatic carbocycles. The summed E-state index contributed by atoms with van der Waals surface area (Å²) in [6.45, 7) is 10.7. The molecule has 1 aromatic rings. The number of nitrogens with one attached hydrogen (secondary N) is 1. The first kappa shape index (κ1) is 11.6. The number of fused-ring (bicyclic) bond motifs is 1. The zero-order valence-corrected chi connectivity index (χ0v) is 11.4. The molecule has 2 heterocycles. The number of hydrogen-bond donors (Lipinski definition) is 1. The van der Waals surface area contributed by atoms with Crippen LogP contribution in [0.5, 0.6) is 0 Å². The third-order valence-electron chi connectivity index (χ3n) is 3.72. The molecule has 1 amide bonds. The van der Waals surface area contributed by atoms with E-state index in [1.807, 2.05) is 0 Å². The van der Waals surface area contributed by atoms with Gasteiger partial charge < -0.3 is 5.32 Å². The summed E-state index contributed by atoms with van der Waals surface area (Å²) in [6.07, 6.45) is 0. The predicted octanol–water partition coefficient (Wildman–Crippen LogP) is 3.64. The van der Waals surface area contributed by atoms with Crippen LogP contribution in [0.1, 0.15) is 40.2 Å². The van der Waals surface area contributed by atoms with Crippen LogP contribution in [0.25, 0.3) is 0 Å². The first-order valence-corrected chi connectivity index (χ1v) is 6.59. The van der Waals surface area contributed by atoms with Crippen molar-refractivity contribution < 1.29 is 4.79 Å². The third-order valence-corrected chi connectivity index (χ3v) is 4.55. The first-order chi connectivity index (χ1) is 7.31. The van der Waals surface area contributed by atoms with Crippen LogP contribution in [0.4, 0.5) is 5.00 Å². The van der Waals surface area contributed by atoms with E-state index in [-0.39, 0.29) is 16.7 Å². The smallest absolute Gasteiger partial charge is 0.236 e. The Balaban J connectivity index is 2.69. The normalized spacial score (nSPS) is 24.8. The number of carbonyl (C=O) groups is 1. The largest absolute Gasteiger partial charge is 0.317 e. The van der Waals surface area contributed by atoms with E-state index >= 15 is 0 Å². The molecule has 1 N–H and O–H groups in total. The van der Waals surface area contributed by atoms with Gasteiger partial charge in [0, 0.05) is 5.56 Å². The molecule has 0 fully saturated rings. The second-order valence-electron chi connectivity index (χ2n) is 5.83. The van der Waals surface area contributed by atoms with Gasteiger partial charge in [-0.3, -0.25) is 4.79 Å². The monoisotopic (exact) mass is 237 g/mol. The van der Waals surface area contributed by atoms with Gasteiger partial charge in [-0.05, 0) is 22.8 Å². The SMILES string of the molecule is CC(C)C1(C(C)(C)C)C(=O)Nc2sccc21. The minimum atomic E-state index is -0.387. The average molecular weight is 237 g/mol. The Bertz CT molecular complexity index is 427. The van der Waals surface area contributed by atoms with Gasteiger partial charge in [0.15, 0.2) is 0 Å². The fraction of sp³-hybridized carbons (Fsp3) is 0.615. The van der Waals surface area contributed by atoms with Crippen LogP contribution in [-0.2, 0) is 10.2 Å². The van der Waals surface area contributed by atoms with Crippen LogP contribution in [0.2, 0.25) is 0 Å². The molecule has 88 valence electrons. The Morgan fingerprint density at radius 3 is 2.50 bits per heavy atom. The van der Waals surface area contributed by atoms with Crippen molar-refractivity contribution in [2.45, 2.75) is 40.0 Å². The maximum Gasteiger partial charge on any atom is 0.236 e. The van der Waals surface area contributed by atoms with E-state index in [0.717, 1.165) is 5.00 Å². The quantitative estimate of drug-likeness (QED) is 0.794. The van der Waals surface area contributed by atoms with Crippen molar-refractivity contribution >= 4 is 22.2 Å². The Kier molecular flexibility index (Phi) is 2.42. The highest BCUT2D eigenvalue weighted by molar-refractivity contribution is 7.14. The van der Waals surface area contributed by atoms with Gasteiger partial charge in [0.1, 0.15) is 0 Å². The standard InChI is InChI=1S/C13H19NOS/c1-8(2)13(12(3,4)5)9-6-7-16-10(9)14-11(13)15/h6-8H,1-5H3,(H,14,15). The second kappa shape index (κ2) is 3.33. The number of hydrogen-bond acceptors (Lipinski definition) is 2. The highest BCUT2D eigenvalue weighted by Crippen LogP contribution is 2.54. The highest BCUT2D eigenvalue weighted by Gasteiger charge is 2.56. The van der Waals surface area contributed by atoms with Crippen LogP contribution in [-0.4, -0.2) is 5.91 Å². The number of anilines is 1. The summed E-state index contributed by atoms with van der Waals surface area (Å²) in [6, 6.07) is 2.10. The molecule has 16 heavy (non-hydrogen) atoms. The molecule has 0 aromatic carbocycles. The van der Waals surface area contributed by atoms with Crippen LogP contribution in [0.15, 0.2) is 11.4 Å².